The molecule has 0 aromatic carbocycles. The fourth-order valence-corrected chi connectivity index (χ4v) is 3.28. The Morgan fingerprint density at radius 3 is 2.76 bits per heavy atom. The fourth-order valence-electron chi connectivity index (χ4n) is 2.69. The molecule has 0 saturated carbocycles. The van der Waals surface area contributed by atoms with E-state index in [1.807, 2.05) is 0 Å². The van der Waals surface area contributed by atoms with Crippen LogP contribution in [0, 0.1) is 0 Å². The highest BCUT2D eigenvalue weighted by Gasteiger charge is 2.60. The number of phosphoric ester groups is 1. The van der Waals surface area contributed by atoms with Gasteiger partial charge in [0.25, 0.3) is 0 Å². The number of nitrogens with zero attached hydrogens (tertiary/aromatic N) is 4. The predicted octanol–water partition coefficient (Wildman–Crippen LogP) is -1.89. The molecule has 2 aromatic rings. The Hall–Kier alpha value is -1.70. The van der Waals surface area contributed by atoms with Crippen LogP contribution in [-0.4, -0.2) is 71.2 Å². The number of fused-ring (bicyclic) bond motifs is 1. The van der Waals surface area contributed by atoms with Gasteiger partial charge in [-0.2, -0.15) is 0 Å². The van der Waals surface area contributed by atoms with E-state index < -0.39 is 38.7 Å². The van der Waals surface area contributed by atoms with Gasteiger partial charge >= 0.3 is 7.82 Å². The van der Waals surface area contributed by atoms with Crippen LogP contribution in [0.25, 0.3) is 11.2 Å². The molecule has 0 radical (unpaired) electrons. The van der Waals surface area contributed by atoms with Crippen molar-refractivity contribution in [3.05, 3.63) is 12.7 Å². The first kappa shape index (κ1) is 18.1. The molecule has 1 aliphatic heterocycles. The Bertz CT molecular complexity index is 826. The number of aromatic nitrogens is 4. The number of hydrogen-bond acceptors (Lipinski definition) is 10. The third-order valence-corrected chi connectivity index (χ3v) is 4.30. The topological polar surface area (TPSA) is 195 Å². The van der Waals surface area contributed by atoms with Crippen molar-refractivity contribution in [2.75, 3.05) is 19.5 Å². The third kappa shape index (κ3) is 3.01. The second-order valence-electron chi connectivity index (χ2n) is 5.26. The Morgan fingerprint density at radius 2 is 2.16 bits per heavy atom. The average Bonchev–Trinajstić information content (AvgIpc) is 3.08. The van der Waals surface area contributed by atoms with E-state index >= 15 is 0 Å². The van der Waals surface area contributed by atoms with Crippen molar-refractivity contribution < 1.29 is 38.6 Å². The summed E-state index contributed by atoms with van der Waals surface area (Å²) in [6.45, 7) is -0.698. The molecular weight excluding hydrogens is 361 g/mol. The number of nitrogen functional groups attached to an aromatic ring is 1. The van der Waals surface area contributed by atoms with Crippen LogP contribution in [0.2, 0.25) is 0 Å². The number of ether oxygens (including phenoxy) is 2. The smallest absolute Gasteiger partial charge is 0.394 e. The summed E-state index contributed by atoms with van der Waals surface area (Å²) >= 11 is 0. The number of nitrogens with two attached hydrogens (primary N) is 1. The van der Waals surface area contributed by atoms with Crippen LogP contribution in [0.15, 0.2) is 12.7 Å². The molecule has 0 unspecified atom stereocenters. The van der Waals surface area contributed by atoms with Crippen molar-refractivity contribution in [1.82, 2.24) is 19.5 Å². The normalized spacial score (nSPS) is 30.2. The number of hydrogen-bond donors (Lipinski definition) is 5. The van der Waals surface area contributed by atoms with E-state index in [1.54, 1.807) is 0 Å². The number of phosphoric acid groups is 1. The van der Waals surface area contributed by atoms with Gasteiger partial charge in [0.2, 0.25) is 5.79 Å². The molecule has 1 fully saturated rings. The zero-order valence-corrected chi connectivity index (χ0v) is 13.7. The van der Waals surface area contributed by atoms with E-state index in [2.05, 4.69) is 19.5 Å². The van der Waals surface area contributed by atoms with Crippen molar-refractivity contribution in [2.45, 2.75) is 24.2 Å². The number of methoxy groups -OCH3 is 1. The van der Waals surface area contributed by atoms with Crippen LogP contribution in [0.5, 0.6) is 0 Å². The average molecular weight is 377 g/mol. The summed E-state index contributed by atoms with van der Waals surface area (Å²) in [5, 5.41) is 20.3. The fraction of sp³-hybridized carbons (Fsp3) is 0.545. The number of aliphatic hydroxyl groups is 2. The molecule has 1 saturated heterocycles. The second kappa shape index (κ2) is 6.23. The molecule has 2 aromatic heterocycles. The molecule has 25 heavy (non-hydrogen) atoms. The first-order valence-electron chi connectivity index (χ1n) is 6.92. The lowest BCUT2D eigenvalue weighted by Gasteiger charge is -2.32. The predicted molar refractivity (Wildman–Crippen MR) is 79.6 cm³/mol. The standard InChI is InChI=1S/C11H16N5O8P/c1-22-11(18)7(24-25(19,20)21)5(2-17)23-10(11)16-4-15-6-8(12)13-3-14-9(6)16/h3-5,7,10,17-18H,2H2,1H3,(H2,12,13,14)(H2,19,20,21)/t5-,7-,10-,11+/m1/s1. The van der Waals surface area contributed by atoms with E-state index in [4.69, 9.17) is 25.0 Å². The van der Waals surface area contributed by atoms with E-state index in [-0.39, 0.29) is 17.0 Å². The maximum Gasteiger partial charge on any atom is 0.470 e. The summed E-state index contributed by atoms with van der Waals surface area (Å²) < 4.78 is 27.6. The van der Waals surface area contributed by atoms with Gasteiger partial charge in [0.15, 0.2) is 23.8 Å². The van der Waals surface area contributed by atoms with Gasteiger partial charge in [0.1, 0.15) is 17.9 Å². The molecule has 0 aliphatic carbocycles. The molecular formula is C11H16N5O8P. The molecule has 14 heteroatoms. The molecule has 138 valence electrons. The molecule has 3 heterocycles. The van der Waals surface area contributed by atoms with Crippen LogP contribution in [0.3, 0.4) is 0 Å². The minimum atomic E-state index is -5.02. The summed E-state index contributed by atoms with van der Waals surface area (Å²) in [5.41, 5.74) is 6.11. The van der Waals surface area contributed by atoms with Gasteiger partial charge < -0.3 is 35.2 Å². The Morgan fingerprint density at radius 1 is 1.44 bits per heavy atom. The van der Waals surface area contributed by atoms with Gasteiger partial charge in [-0.05, 0) is 0 Å². The van der Waals surface area contributed by atoms with Crippen molar-refractivity contribution in [2.24, 2.45) is 0 Å². The monoisotopic (exact) mass is 377 g/mol. The quantitative estimate of drug-likeness (QED) is 0.287. The maximum atomic E-state index is 11.2. The van der Waals surface area contributed by atoms with E-state index in [9.17, 15) is 14.8 Å². The molecule has 3 rings (SSSR count). The number of aliphatic hydroxyl groups excluding tert-OH is 1. The molecule has 0 spiro atoms. The lowest BCUT2D eigenvalue weighted by atomic mass is 10.1. The van der Waals surface area contributed by atoms with Crippen LogP contribution in [0.4, 0.5) is 5.82 Å². The lowest BCUT2D eigenvalue weighted by Crippen LogP contribution is -2.49. The highest BCUT2D eigenvalue weighted by atomic mass is 31.2. The molecule has 0 bridgehead atoms. The molecule has 0 amide bonds. The zero-order valence-electron chi connectivity index (χ0n) is 12.8. The minimum absolute atomic E-state index is 0.0874. The van der Waals surface area contributed by atoms with E-state index in [0.717, 1.165) is 7.11 Å². The summed E-state index contributed by atoms with van der Waals surface area (Å²) in [7, 11) is -3.93. The van der Waals surface area contributed by atoms with Gasteiger partial charge in [0.05, 0.1) is 12.9 Å². The highest BCUT2D eigenvalue weighted by molar-refractivity contribution is 7.46. The van der Waals surface area contributed by atoms with Crippen molar-refractivity contribution >= 4 is 24.8 Å². The molecule has 13 nitrogen and oxygen atoms in total. The van der Waals surface area contributed by atoms with E-state index in [0.29, 0.717) is 0 Å². The maximum absolute atomic E-state index is 11.2. The van der Waals surface area contributed by atoms with Crippen molar-refractivity contribution in [3.8, 4) is 0 Å². The summed E-state index contributed by atoms with van der Waals surface area (Å²) in [6.07, 6.45) is -1.96. The highest BCUT2D eigenvalue weighted by Crippen LogP contribution is 2.48. The van der Waals surface area contributed by atoms with Crippen LogP contribution < -0.4 is 5.73 Å². The number of rotatable bonds is 5. The minimum Gasteiger partial charge on any atom is -0.394 e. The SMILES string of the molecule is CO[C@@]1(O)[C@H](OP(=O)(O)O)[C@@H](CO)O[C@H]1n1cnc2c(N)ncnc21. The van der Waals surface area contributed by atoms with Crippen LogP contribution >= 0.6 is 7.82 Å². The summed E-state index contributed by atoms with van der Waals surface area (Å²) in [4.78, 5) is 30.0. The Kier molecular flexibility index (Phi) is 4.51. The van der Waals surface area contributed by atoms with Gasteiger partial charge in [-0.3, -0.25) is 9.09 Å². The number of imidazole rings is 1. The first-order valence-corrected chi connectivity index (χ1v) is 8.45. The van der Waals surface area contributed by atoms with Gasteiger partial charge in [0, 0.05) is 7.11 Å². The van der Waals surface area contributed by atoms with Crippen LogP contribution in [-0.2, 0) is 18.6 Å². The molecule has 6 N–H and O–H groups in total. The Labute approximate surface area is 140 Å². The van der Waals surface area contributed by atoms with Crippen molar-refractivity contribution in [3.63, 3.8) is 0 Å². The second-order valence-corrected chi connectivity index (χ2v) is 6.46. The zero-order chi connectivity index (χ0) is 18.4. The first-order chi connectivity index (χ1) is 11.7. The number of anilines is 1. The summed E-state index contributed by atoms with van der Waals surface area (Å²) in [5.74, 6) is -2.27. The summed E-state index contributed by atoms with van der Waals surface area (Å²) in [6, 6.07) is 0. The van der Waals surface area contributed by atoms with Crippen LogP contribution in [0.1, 0.15) is 6.23 Å². The van der Waals surface area contributed by atoms with Gasteiger partial charge in [-0.15, -0.1) is 0 Å². The van der Waals surface area contributed by atoms with Gasteiger partial charge in [-0.1, -0.05) is 0 Å². The third-order valence-electron chi connectivity index (χ3n) is 3.80. The lowest BCUT2D eigenvalue weighted by molar-refractivity contribution is -0.261. The Balaban J connectivity index is 2.08. The largest absolute Gasteiger partial charge is 0.470 e. The molecule has 1 aliphatic rings. The van der Waals surface area contributed by atoms with Gasteiger partial charge in [-0.25, -0.2) is 19.5 Å². The van der Waals surface area contributed by atoms with Crippen molar-refractivity contribution in [1.29, 1.82) is 0 Å². The van der Waals surface area contributed by atoms with E-state index in [1.165, 1.54) is 17.2 Å². The molecule has 4 atom stereocenters.